The van der Waals surface area contributed by atoms with Crippen molar-refractivity contribution in [3.8, 4) is 0 Å². The summed E-state index contributed by atoms with van der Waals surface area (Å²) in [5.41, 5.74) is 2.31. The van der Waals surface area contributed by atoms with E-state index in [-0.39, 0.29) is 5.91 Å². The smallest absolute Gasteiger partial charge is 0.275 e. The quantitative estimate of drug-likeness (QED) is 0.752. The number of fused-ring (bicyclic) bond motifs is 1. The van der Waals surface area contributed by atoms with E-state index in [1.807, 2.05) is 47.4 Å². The number of aromatic nitrogens is 3. The van der Waals surface area contributed by atoms with Gasteiger partial charge in [0, 0.05) is 18.1 Å². The molecular formula is C21H24N4O. The van der Waals surface area contributed by atoms with Gasteiger partial charge in [-0.05, 0) is 37.0 Å². The van der Waals surface area contributed by atoms with Gasteiger partial charge in [0.1, 0.15) is 0 Å². The predicted octanol–water partition coefficient (Wildman–Crippen LogP) is 4.18. The van der Waals surface area contributed by atoms with Crippen molar-refractivity contribution in [1.82, 2.24) is 20.1 Å². The third-order valence-electron chi connectivity index (χ3n) is 5.24. The van der Waals surface area contributed by atoms with E-state index >= 15 is 0 Å². The van der Waals surface area contributed by atoms with Gasteiger partial charge in [-0.1, -0.05) is 43.5 Å². The SMILES string of the molecule is O=C(c1n[nH]c2ccccc12)N(Cc1ccccn1)CC1CCCCC1. The Balaban J connectivity index is 1.61. The zero-order chi connectivity index (χ0) is 17.8. The summed E-state index contributed by atoms with van der Waals surface area (Å²) in [5.74, 6) is 0.556. The molecule has 0 bridgehead atoms. The van der Waals surface area contributed by atoms with Gasteiger partial charge in [0.25, 0.3) is 5.91 Å². The first-order chi connectivity index (χ1) is 12.8. The number of benzene rings is 1. The summed E-state index contributed by atoms with van der Waals surface area (Å²) in [7, 11) is 0. The van der Waals surface area contributed by atoms with Crippen LogP contribution in [0, 0.1) is 5.92 Å². The largest absolute Gasteiger partial charge is 0.331 e. The van der Waals surface area contributed by atoms with Crippen LogP contribution < -0.4 is 0 Å². The molecule has 5 heteroatoms. The van der Waals surface area contributed by atoms with Gasteiger partial charge in [-0.15, -0.1) is 0 Å². The van der Waals surface area contributed by atoms with Gasteiger partial charge in [0.2, 0.25) is 0 Å². The highest BCUT2D eigenvalue weighted by molar-refractivity contribution is 6.04. The number of hydrogen-bond acceptors (Lipinski definition) is 3. The molecule has 1 aliphatic rings. The number of nitrogens with zero attached hydrogens (tertiary/aromatic N) is 3. The maximum atomic E-state index is 13.3. The third-order valence-corrected chi connectivity index (χ3v) is 5.24. The Hall–Kier alpha value is -2.69. The number of carbonyl (C=O) groups excluding carboxylic acids is 1. The highest BCUT2D eigenvalue weighted by Gasteiger charge is 2.25. The summed E-state index contributed by atoms with van der Waals surface area (Å²) in [6.07, 6.45) is 8.03. The molecule has 1 saturated carbocycles. The number of H-pyrrole nitrogens is 1. The summed E-state index contributed by atoms with van der Waals surface area (Å²) in [6, 6.07) is 13.6. The van der Waals surface area contributed by atoms with E-state index in [1.165, 1.54) is 32.1 Å². The van der Waals surface area contributed by atoms with Crippen LogP contribution in [0.25, 0.3) is 10.9 Å². The van der Waals surface area contributed by atoms with Crippen molar-refractivity contribution in [1.29, 1.82) is 0 Å². The minimum atomic E-state index is -0.0151. The summed E-state index contributed by atoms with van der Waals surface area (Å²) in [6.45, 7) is 1.30. The number of pyridine rings is 1. The highest BCUT2D eigenvalue weighted by atomic mass is 16.2. The first-order valence-corrected chi connectivity index (χ1v) is 9.43. The summed E-state index contributed by atoms with van der Waals surface area (Å²) in [4.78, 5) is 19.7. The monoisotopic (exact) mass is 348 g/mol. The number of rotatable bonds is 5. The van der Waals surface area contributed by atoms with Gasteiger partial charge < -0.3 is 4.90 Å². The van der Waals surface area contributed by atoms with Crippen molar-refractivity contribution in [2.75, 3.05) is 6.54 Å². The maximum Gasteiger partial charge on any atom is 0.275 e. The molecule has 3 aromatic rings. The Bertz CT molecular complexity index is 868. The van der Waals surface area contributed by atoms with E-state index in [9.17, 15) is 4.79 Å². The van der Waals surface area contributed by atoms with Crippen LogP contribution in [0.1, 0.15) is 48.3 Å². The van der Waals surface area contributed by atoms with Crippen molar-refractivity contribution >= 4 is 16.8 Å². The summed E-state index contributed by atoms with van der Waals surface area (Å²) < 4.78 is 0. The molecule has 0 atom stereocenters. The van der Waals surface area contributed by atoms with E-state index < -0.39 is 0 Å². The van der Waals surface area contributed by atoms with Gasteiger partial charge in [0.15, 0.2) is 5.69 Å². The fraction of sp³-hybridized carbons (Fsp3) is 0.381. The molecule has 0 aliphatic heterocycles. The molecule has 2 aromatic heterocycles. The van der Waals surface area contributed by atoms with Crippen LogP contribution in [0.15, 0.2) is 48.7 Å². The third kappa shape index (κ3) is 3.62. The normalized spacial score (nSPS) is 15.2. The van der Waals surface area contributed by atoms with Crippen molar-refractivity contribution in [2.45, 2.75) is 38.6 Å². The van der Waals surface area contributed by atoms with Crippen LogP contribution in [0.3, 0.4) is 0 Å². The van der Waals surface area contributed by atoms with E-state index in [1.54, 1.807) is 6.20 Å². The van der Waals surface area contributed by atoms with Crippen molar-refractivity contribution in [2.24, 2.45) is 5.92 Å². The Morgan fingerprint density at radius 3 is 2.69 bits per heavy atom. The fourth-order valence-electron chi connectivity index (χ4n) is 3.86. The average Bonchev–Trinajstić information content (AvgIpc) is 3.13. The Labute approximate surface area is 153 Å². The molecule has 1 fully saturated rings. The van der Waals surface area contributed by atoms with E-state index in [2.05, 4.69) is 15.2 Å². The number of hydrogen-bond donors (Lipinski definition) is 1. The Morgan fingerprint density at radius 2 is 1.88 bits per heavy atom. The van der Waals surface area contributed by atoms with E-state index in [0.29, 0.717) is 18.2 Å². The molecule has 1 amide bonds. The van der Waals surface area contributed by atoms with E-state index in [4.69, 9.17) is 0 Å². The molecule has 0 spiro atoms. The van der Waals surface area contributed by atoms with E-state index in [0.717, 1.165) is 23.1 Å². The van der Waals surface area contributed by atoms with Gasteiger partial charge in [-0.2, -0.15) is 5.10 Å². The number of amides is 1. The molecule has 26 heavy (non-hydrogen) atoms. The standard InChI is InChI=1S/C21H24N4O/c26-21(20-18-11-4-5-12-19(18)23-24-20)25(14-16-8-2-1-3-9-16)15-17-10-6-7-13-22-17/h4-7,10-13,16H,1-3,8-9,14-15H2,(H,23,24). The number of carbonyl (C=O) groups is 1. The molecule has 1 aromatic carbocycles. The maximum absolute atomic E-state index is 13.3. The second-order valence-electron chi connectivity index (χ2n) is 7.13. The van der Waals surface area contributed by atoms with Crippen molar-refractivity contribution in [3.63, 3.8) is 0 Å². The first-order valence-electron chi connectivity index (χ1n) is 9.43. The van der Waals surface area contributed by atoms with Gasteiger partial charge in [-0.25, -0.2) is 0 Å². The topological polar surface area (TPSA) is 61.9 Å². The van der Waals surface area contributed by atoms with Crippen LogP contribution >= 0.6 is 0 Å². The molecule has 4 rings (SSSR count). The first kappa shape index (κ1) is 16.8. The second-order valence-corrected chi connectivity index (χ2v) is 7.13. The van der Waals surface area contributed by atoms with Crippen molar-refractivity contribution in [3.05, 3.63) is 60.0 Å². The Morgan fingerprint density at radius 1 is 1.08 bits per heavy atom. The van der Waals surface area contributed by atoms with Crippen LogP contribution in [0.5, 0.6) is 0 Å². The molecule has 134 valence electrons. The van der Waals surface area contributed by atoms with Crippen LogP contribution in [-0.2, 0) is 6.54 Å². The minimum absolute atomic E-state index is 0.0151. The van der Waals surface area contributed by atoms with Gasteiger partial charge in [-0.3, -0.25) is 14.9 Å². The zero-order valence-corrected chi connectivity index (χ0v) is 14.9. The summed E-state index contributed by atoms with van der Waals surface area (Å²) in [5, 5.41) is 8.17. The van der Waals surface area contributed by atoms with Gasteiger partial charge >= 0.3 is 0 Å². The summed E-state index contributed by atoms with van der Waals surface area (Å²) >= 11 is 0. The highest BCUT2D eigenvalue weighted by Crippen LogP contribution is 2.26. The minimum Gasteiger partial charge on any atom is -0.331 e. The predicted molar refractivity (Wildman–Crippen MR) is 102 cm³/mol. The lowest BCUT2D eigenvalue weighted by Gasteiger charge is -2.29. The zero-order valence-electron chi connectivity index (χ0n) is 14.9. The van der Waals surface area contributed by atoms with Crippen LogP contribution in [0.4, 0.5) is 0 Å². The van der Waals surface area contributed by atoms with Crippen LogP contribution in [-0.4, -0.2) is 32.5 Å². The van der Waals surface area contributed by atoms with Gasteiger partial charge in [0.05, 0.1) is 17.8 Å². The molecule has 1 N–H and O–H groups in total. The lowest BCUT2D eigenvalue weighted by atomic mass is 9.89. The fourth-order valence-corrected chi connectivity index (χ4v) is 3.86. The molecule has 0 unspecified atom stereocenters. The lowest BCUT2D eigenvalue weighted by Crippen LogP contribution is -2.36. The number of nitrogens with one attached hydrogen (secondary N) is 1. The second kappa shape index (κ2) is 7.68. The average molecular weight is 348 g/mol. The van der Waals surface area contributed by atoms with Crippen molar-refractivity contribution < 1.29 is 4.79 Å². The molecule has 0 saturated heterocycles. The Kier molecular flexibility index (Phi) is 4.95. The molecule has 1 aliphatic carbocycles. The lowest BCUT2D eigenvalue weighted by molar-refractivity contribution is 0.0692. The number of aromatic amines is 1. The molecule has 5 nitrogen and oxygen atoms in total. The molecular weight excluding hydrogens is 324 g/mol. The number of para-hydroxylation sites is 1. The molecule has 2 heterocycles. The van der Waals surface area contributed by atoms with Crippen LogP contribution in [0.2, 0.25) is 0 Å². The molecule has 0 radical (unpaired) electrons.